The van der Waals surface area contributed by atoms with Crippen LogP contribution in [0.2, 0.25) is 0 Å². The molecule has 2 heterocycles. The van der Waals surface area contributed by atoms with Crippen molar-refractivity contribution in [1.29, 1.82) is 0 Å². The molecule has 8 heteroatoms. The van der Waals surface area contributed by atoms with Gasteiger partial charge >= 0.3 is 0 Å². The Labute approximate surface area is 167 Å². The summed E-state index contributed by atoms with van der Waals surface area (Å²) in [6, 6.07) is 10.7. The van der Waals surface area contributed by atoms with Gasteiger partial charge in [-0.3, -0.25) is 0 Å². The van der Waals surface area contributed by atoms with E-state index in [2.05, 4.69) is 31.0 Å². The third-order valence-electron chi connectivity index (χ3n) is 4.84. The maximum absolute atomic E-state index is 12.9. The molecule has 1 aromatic heterocycles. The predicted octanol–water partition coefficient (Wildman–Crippen LogP) is 2.68. The average molecular weight is 405 g/mol. The van der Waals surface area contributed by atoms with Crippen LogP contribution in [0.4, 0.5) is 5.82 Å². The Morgan fingerprint density at radius 3 is 2.29 bits per heavy atom. The number of rotatable bonds is 5. The molecule has 3 rings (SSSR count). The first-order valence-electron chi connectivity index (χ1n) is 9.36. The van der Waals surface area contributed by atoms with Crippen LogP contribution >= 0.6 is 0 Å². The molecule has 0 N–H and O–H groups in total. The lowest BCUT2D eigenvalue weighted by Gasteiger charge is -2.20. The highest BCUT2D eigenvalue weighted by Crippen LogP contribution is 2.27. The number of aromatic nitrogens is 2. The van der Waals surface area contributed by atoms with Crippen molar-refractivity contribution in [3.8, 4) is 5.88 Å². The van der Waals surface area contributed by atoms with Crippen LogP contribution in [0.1, 0.15) is 32.8 Å². The number of nitrogens with zero attached hydrogens (tertiary/aromatic N) is 4. The van der Waals surface area contributed by atoms with E-state index in [9.17, 15) is 8.42 Å². The van der Waals surface area contributed by atoms with Gasteiger partial charge in [0.15, 0.2) is 5.82 Å². The highest BCUT2D eigenvalue weighted by molar-refractivity contribution is 7.89. The zero-order chi connectivity index (χ0) is 20.5. The monoisotopic (exact) mass is 404 g/mol. The summed E-state index contributed by atoms with van der Waals surface area (Å²) in [4.78, 5) is 2.17. The first kappa shape index (κ1) is 20.5. The minimum absolute atomic E-state index is 0.0158. The molecule has 0 aliphatic carbocycles. The third-order valence-corrected chi connectivity index (χ3v) is 6.72. The predicted molar refractivity (Wildman–Crippen MR) is 109 cm³/mol. The number of benzene rings is 1. The largest absolute Gasteiger partial charge is 0.472 e. The second-order valence-corrected chi connectivity index (χ2v) is 10.2. The summed E-state index contributed by atoms with van der Waals surface area (Å²) in [6.45, 7) is 7.05. The van der Waals surface area contributed by atoms with Gasteiger partial charge in [0, 0.05) is 26.7 Å². The Kier molecular flexibility index (Phi) is 5.63. The van der Waals surface area contributed by atoms with Crippen LogP contribution in [0, 0.1) is 0 Å². The summed E-state index contributed by atoms with van der Waals surface area (Å²) in [5.74, 6) is 1.14. The number of anilines is 1. The summed E-state index contributed by atoms with van der Waals surface area (Å²) < 4.78 is 33.2. The second kappa shape index (κ2) is 7.67. The maximum atomic E-state index is 12.9. The van der Waals surface area contributed by atoms with Gasteiger partial charge in [0.2, 0.25) is 15.9 Å². The summed E-state index contributed by atoms with van der Waals surface area (Å²) in [5, 5.41) is 8.14. The van der Waals surface area contributed by atoms with Gasteiger partial charge < -0.3 is 9.64 Å². The van der Waals surface area contributed by atoms with Crippen LogP contribution in [-0.2, 0) is 15.4 Å². The van der Waals surface area contributed by atoms with E-state index in [4.69, 9.17) is 4.74 Å². The Balaban J connectivity index is 1.66. The van der Waals surface area contributed by atoms with Crippen molar-refractivity contribution in [1.82, 2.24) is 14.5 Å². The lowest BCUT2D eigenvalue weighted by Crippen LogP contribution is -2.31. The van der Waals surface area contributed by atoms with Gasteiger partial charge in [0.05, 0.1) is 11.4 Å². The molecule has 1 aliphatic rings. The van der Waals surface area contributed by atoms with Crippen molar-refractivity contribution in [3.63, 3.8) is 0 Å². The van der Waals surface area contributed by atoms with Gasteiger partial charge in [0.1, 0.15) is 6.10 Å². The van der Waals surface area contributed by atoms with Crippen molar-refractivity contribution in [2.45, 2.75) is 43.6 Å². The van der Waals surface area contributed by atoms with Crippen molar-refractivity contribution >= 4 is 15.8 Å². The second-order valence-electron chi connectivity index (χ2n) is 8.29. The number of ether oxygens (including phenoxy) is 1. The number of sulfonamides is 1. The minimum Gasteiger partial charge on any atom is -0.472 e. The molecule has 1 aliphatic heterocycles. The van der Waals surface area contributed by atoms with E-state index in [-0.39, 0.29) is 11.5 Å². The summed E-state index contributed by atoms with van der Waals surface area (Å²) in [6.07, 6.45) is 0.388. The normalized spacial score (nSPS) is 18.2. The first-order valence-corrected chi connectivity index (χ1v) is 10.8. The zero-order valence-corrected chi connectivity index (χ0v) is 17.9. The molecule has 1 atom stereocenters. The maximum Gasteiger partial charge on any atom is 0.243 e. The molecule has 152 valence electrons. The molecule has 0 amide bonds. The smallest absolute Gasteiger partial charge is 0.243 e. The van der Waals surface area contributed by atoms with E-state index in [1.807, 2.05) is 37.2 Å². The molecule has 1 saturated heterocycles. The average Bonchev–Trinajstić information content (AvgIpc) is 3.11. The summed E-state index contributed by atoms with van der Waals surface area (Å²) in [5.41, 5.74) is 1.09. The number of hydrogen-bond acceptors (Lipinski definition) is 6. The van der Waals surface area contributed by atoms with Crippen LogP contribution in [0.15, 0.2) is 41.3 Å². The van der Waals surface area contributed by atoms with E-state index in [0.717, 1.165) is 11.4 Å². The van der Waals surface area contributed by atoms with Gasteiger partial charge in [-0.1, -0.05) is 32.9 Å². The molecule has 28 heavy (non-hydrogen) atoms. The molecular formula is C20H28N4O3S. The third kappa shape index (κ3) is 4.44. The van der Waals surface area contributed by atoms with Crippen LogP contribution < -0.4 is 9.64 Å². The SMILES string of the molecule is CN(C)c1ccc(OC2CCN(S(=O)(=O)c3ccc(C(C)(C)C)cc3)C2)nn1. The molecule has 1 unspecified atom stereocenters. The van der Waals surface area contributed by atoms with E-state index in [1.165, 1.54) is 4.31 Å². The molecule has 0 radical (unpaired) electrons. The van der Waals surface area contributed by atoms with Gasteiger partial charge in [-0.2, -0.15) is 4.31 Å². The lowest BCUT2D eigenvalue weighted by molar-refractivity contribution is 0.204. The van der Waals surface area contributed by atoms with E-state index < -0.39 is 10.0 Å². The number of hydrogen-bond donors (Lipinski definition) is 0. The Morgan fingerprint density at radius 2 is 1.75 bits per heavy atom. The molecular weight excluding hydrogens is 376 g/mol. The van der Waals surface area contributed by atoms with Crippen molar-refractivity contribution in [3.05, 3.63) is 42.0 Å². The fourth-order valence-corrected chi connectivity index (χ4v) is 4.56. The van der Waals surface area contributed by atoms with Crippen LogP contribution in [0.5, 0.6) is 5.88 Å². The lowest BCUT2D eigenvalue weighted by atomic mass is 9.87. The first-order chi connectivity index (χ1) is 13.1. The van der Waals surface area contributed by atoms with Crippen LogP contribution in [0.3, 0.4) is 0 Å². The fourth-order valence-electron chi connectivity index (χ4n) is 3.07. The van der Waals surface area contributed by atoms with Crippen molar-refractivity contribution < 1.29 is 13.2 Å². The Bertz CT molecular complexity index is 904. The van der Waals surface area contributed by atoms with E-state index in [1.54, 1.807) is 18.2 Å². The quantitative estimate of drug-likeness (QED) is 0.763. The molecule has 0 spiro atoms. The zero-order valence-electron chi connectivity index (χ0n) is 17.1. The Morgan fingerprint density at radius 1 is 1.07 bits per heavy atom. The standard InChI is InChI=1S/C20H28N4O3S/c1-20(2,3)15-6-8-17(9-7-15)28(25,26)24-13-12-16(14-24)27-19-11-10-18(21-22-19)23(4)5/h6-11,16H,12-14H2,1-5H3. The van der Waals surface area contributed by atoms with Gasteiger partial charge in [-0.15, -0.1) is 10.2 Å². The van der Waals surface area contributed by atoms with Crippen molar-refractivity contribution in [2.24, 2.45) is 0 Å². The molecule has 0 saturated carbocycles. The molecule has 1 fully saturated rings. The highest BCUT2D eigenvalue weighted by atomic mass is 32.2. The topological polar surface area (TPSA) is 75.6 Å². The Hall–Kier alpha value is -2.19. The van der Waals surface area contributed by atoms with E-state index >= 15 is 0 Å². The summed E-state index contributed by atoms with van der Waals surface area (Å²) >= 11 is 0. The van der Waals surface area contributed by atoms with Gasteiger partial charge in [-0.25, -0.2) is 8.42 Å². The minimum atomic E-state index is -3.53. The summed E-state index contributed by atoms with van der Waals surface area (Å²) in [7, 11) is 0.241. The van der Waals surface area contributed by atoms with Crippen LogP contribution in [-0.4, -0.2) is 56.2 Å². The molecule has 0 bridgehead atoms. The van der Waals surface area contributed by atoms with Crippen LogP contribution in [0.25, 0.3) is 0 Å². The molecule has 2 aromatic rings. The molecule has 1 aromatic carbocycles. The van der Waals surface area contributed by atoms with Gasteiger partial charge in [0.25, 0.3) is 0 Å². The fraction of sp³-hybridized carbons (Fsp3) is 0.500. The van der Waals surface area contributed by atoms with E-state index in [0.29, 0.717) is 30.3 Å². The van der Waals surface area contributed by atoms with Crippen molar-refractivity contribution in [2.75, 3.05) is 32.1 Å². The molecule has 7 nitrogen and oxygen atoms in total. The highest BCUT2D eigenvalue weighted by Gasteiger charge is 2.34. The van der Waals surface area contributed by atoms with Gasteiger partial charge in [-0.05, 0) is 35.6 Å².